The highest BCUT2D eigenvalue weighted by atomic mass is 32.2. The molecule has 0 spiro atoms. The van der Waals surface area contributed by atoms with Gasteiger partial charge in [0.2, 0.25) is 0 Å². The molecule has 1 amide bonds. The average Bonchev–Trinajstić information content (AvgIpc) is 2.78. The van der Waals surface area contributed by atoms with Crippen LogP contribution in [0.3, 0.4) is 0 Å². The molecule has 0 saturated heterocycles. The van der Waals surface area contributed by atoms with E-state index in [1.54, 1.807) is 30.9 Å². The first-order valence-electron chi connectivity index (χ1n) is 5.35. The van der Waals surface area contributed by atoms with Crippen molar-refractivity contribution in [3.8, 4) is 0 Å². The zero-order chi connectivity index (χ0) is 13.0. The molecule has 5 nitrogen and oxygen atoms in total. The molecule has 0 atom stereocenters. The molecule has 0 unspecified atom stereocenters. The van der Waals surface area contributed by atoms with E-state index in [1.165, 1.54) is 0 Å². The van der Waals surface area contributed by atoms with Gasteiger partial charge in [-0.2, -0.15) is 0 Å². The van der Waals surface area contributed by atoms with Crippen LogP contribution in [-0.4, -0.2) is 10.9 Å². The third-order valence-corrected chi connectivity index (χ3v) is 3.31. The SMILES string of the molecule is Cc1oc(CSc2ccccn2)cc1C(=O)NN. The van der Waals surface area contributed by atoms with Gasteiger partial charge in [0, 0.05) is 6.20 Å². The molecule has 94 valence electrons. The van der Waals surface area contributed by atoms with Crippen LogP contribution in [0.2, 0.25) is 0 Å². The van der Waals surface area contributed by atoms with Gasteiger partial charge in [-0.05, 0) is 25.1 Å². The Labute approximate surface area is 109 Å². The molecule has 2 aromatic rings. The lowest BCUT2D eigenvalue weighted by molar-refractivity contribution is 0.0952. The van der Waals surface area contributed by atoms with Gasteiger partial charge in [-0.3, -0.25) is 10.2 Å². The van der Waals surface area contributed by atoms with Crippen molar-refractivity contribution in [1.29, 1.82) is 0 Å². The predicted molar refractivity (Wildman–Crippen MR) is 68.9 cm³/mol. The van der Waals surface area contributed by atoms with Crippen LogP contribution >= 0.6 is 11.8 Å². The number of rotatable bonds is 4. The van der Waals surface area contributed by atoms with Crippen LogP contribution in [0.4, 0.5) is 0 Å². The third kappa shape index (κ3) is 2.91. The quantitative estimate of drug-likeness (QED) is 0.381. The zero-order valence-electron chi connectivity index (χ0n) is 9.84. The van der Waals surface area contributed by atoms with E-state index >= 15 is 0 Å². The number of thioether (sulfide) groups is 1. The summed E-state index contributed by atoms with van der Waals surface area (Å²) in [5.74, 6) is 6.66. The summed E-state index contributed by atoms with van der Waals surface area (Å²) in [6, 6.07) is 7.42. The van der Waals surface area contributed by atoms with Gasteiger partial charge < -0.3 is 4.42 Å². The number of hydrogen-bond acceptors (Lipinski definition) is 5. The number of nitrogens with one attached hydrogen (secondary N) is 1. The lowest BCUT2D eigenvalue weighted by atomic mass is 10.2. The number of amides is 1. The van der Waals surface area contributed by atoms with E-state index in [9.17, 15) is 4.79 Å². The van der Waals surface area contributed by atoms with E-state index in [4.69, 9.17) is 10.3 Å². The van der Waals surface area contributed by atoms with Crippen molar-refractivity contribution in [2.24, 2.45) is 5.84 Å². The number of nitrogens with two attached hydrogens (primary N) is 1. The minimum Gasteiger partial charge on any atom is -0.465 e. The summed E-state index contributed by atoms with van der Waals surface area (Å²) in [7, 11) is 0. The first kappa shape index (κ1) is 12.7. The molecule has 0 radical (unpaired) electrons. The maximum atomic E-state index is 11.4. The molecule has 3 N–H and O–H groups in total. The maximum absolute atomic E-state index is 11.4. The fourth-order valence-electron chi connectivity index (χ4n) is 1.50. The summed E-state index contributed by atoms with van der Waals surface area (Å²) in [4.78, 5) is 15.6. The van der Waals surface area contributed by atoms with E-state index in [1.807, 2.05) is 18.2 Å². The van der Waals surface area contributed by atoms with E-state index in [-0.39, 0.29) is 5.91 Å². The highest BCUT2D eigenvalue weighted by Crippen LogP contribution is 2.23. The molecule has 18 heavy (non-hydrogen) atoms. The number of nitrogen functional groups attached to an aromatic ring is 1. The first-order chi connectivity index (χ1) is 8.70. The number of hydrogen-bond donors (Lipinski definition) is 2. The topological polar surface area (TPSA) is 81.2 Å². The Kier molecular flexibility index (Phi) is 4.01. The van der Waals surface area contributed by atoms with Gasteiger partial charge in [-0.15, -0.1) is 0 Å². The summed E-state index contributed by atoms with van der Waals surface area (Å²) < 4.78 is 5.49. The van der Waals surface area contributed by atoms with Crippen LogP contribution in [0.25, 0.3) is 0 Å². The minimum absolute atomic E-state index is 0.342. The van der Waals surface area contributed by atoms with Gasteiger partial charge >= 0.3 is 0 Å². The minimum atomic E-state index is -0.342. The van der Waals surface area contributed by atoms with Crippen LogP contribution in [0.5, 0.6) is 0 Å². The summed E-state index contributed by atoms with van der Waals surface area (Å²) in [5, 5.41) is 0.913. The average molecular weight is 263 g/mol. The van der Waals surface area contributed by atoms with E-state index in [0.29, 0.717) is 17.1 Å². The van der Waals surface area contributed by atoms with Crippen LogP contribution in [0.1, 0.15) is 21.9 Å². The number of furan rings is 1. The Morgan fingerprint density at radius 1 is 1.56 bits per heavy atom. The van der Waals surface area contributed by atoms with E-state index in [0.717, 1.165) is 10.8 Å². The number of aromatic nitrogens is 1. The third-order valence-electron chi connectivity index (χ3n) is 2.34. The monoisotopic (exact) mass is 263 g/mol. The molecule has 0 aliphatic carbocycles. The number of carbonyl (C=O) groups is 1. The summed E-state index contributed by atoms with van der Waals surface area (Å²) in [6.45, 7) is 1.74. The standard InChI is InChI=1S/C12H13N3O2S/c1-8-10(12(16)15-13)6-9(17-8)7-18-11-4-2-3-5-14-11/h2-6H,7,13H2,1H3,(H,15,16). The molecule has 2 rings (SSSR count). The second-order valence-electron chi connectivity index (χ2n) is 3.61. The van der Waals surface area contributed by atoms with Crippen LogP contribution < -0.4 is 11.3 Å². The molecule has 0 aliphatic heterocycles. The lowest BCUT2D eigenvalue weighted by Crippen LogP contribution is -2.30. The van der Waals surface area contributed by atoms with Crippen LogP contribution in [0.15, 0.2) is 39.9 Å². The summed E-state index contributed by atoms with van der Waals surface area (Å²) in [5.41, 5.74) is 2.56. The van der Waals surface area contributed by atoms with Crippen molar-refractivity contribution in [3.63, 3.8) is 0 Å². The van der Waals surface area contributed by atoms with Crippen molar-refractivity contribution in [2.45, 2.75) is 17.7 Å². The highest BCUT2D eigenvalue weighted by Gasteiger charge is 2.13. The second-order valence-corrected chi connectivity index (χ2v) is 4.61. The number of nitrogens with zero attached hydrogens (tertiary/aromatic N) is 1. The number of hydrazine groups is 1. The largest absolute Gasteiger partial charge is 0.465 e. The smallest absolute Gasteiger partial charge is 0.268 e. The molecule has 2 aromatic heterocycles. The Morgan fingerprint density at radius 2 is 2.39 bits per heavy atom. The Morgan fingerprint density at radius 3 is 3.06 bits per heavy atom. The summed E-state index contributed by atoms with van der Waals surface area (Å²) >= 11 is 1.55. The summed E-state index contributed by atoms with van der Waals surface area (Å²) in [6.07, 6.45) is 1.74. The lowest BCUT2D eigenvalue weighted by Gasteiger charge is -1.96. The van der Waals surface area contributed by atoms with Crippen LogP contribution in [0, 0.1) is 6.92 Å². The Hall–Kier alpha value is -1.79. The number of aryl methyl sites for hydroxylation is 1. The van der Waals surface area contributed by atoms with Crippen molar-refractivity contribution in [3.05, 3.63) is 47.5 Å². The predicted octanol–water partition coefficient (Wildman–Crippen LogP) is 1.88. The van der Waals surface area contributed by atoms with Crippen molar-refractivity contribution >= 4 is 17.7 Å². The fraction of sp³-hybridized carbons (Fsp3) is 0.167. The second kappa shape index (κ2) is 5.70. The van der Waals surface area contributed by atoms with Crippen molar-refractivity contribution in [2.75, 3.05) is 0 Å². The number of pyridine rings is 1. The zero-order valence-corrected chi connectivity index (χ0v) is 10.7. The Balaban J connectivity index is 2.05. The molecule has 0 aliphatic rings. The van der Waals surface area contributed by atoms with Gasteiger partial charge in [0.25, 0.3) is 5.91 Å². The van der Waals surface area contributed by atoms with E-state index < -0.39 is 0 Å². The van der Waals surface area contributed by atoms with Crippen LogP contribution in [-0.2, 0) is 5.75 Å². The van der Waals surface area contributed by atoms with Gasteiger partial charge in [0.1, 0.15) is 11.5 Å². The van der Waals surface area contributed by atoms with E-state index in [2.05, 4.69) is 10.4 Å². The normalized spacial score (nSPS) is 10.3. The van der Waals surface area contributed by atoms with Crippen molar-refractivity contribution in [1.82, 2.24) is 10.4 Å². The maximum Gasteiger partial charge on any atom is 0.268 e. The molecular weight excluding hydrogens is 250 g/mol. The molecule has 2 heterocycles. The molecular formula is C12H13N3O2S. The van der Waals surface area contributed by atoms with Gasteiger partial charge in [0.15, 0.2) is 0 Å². The highest BCUT2D eigenvalue weighted by molar-refractivity contribution is 7.98. The van der Waals surface area contributed by atoms with Crippen molar-refractivity contribution < 1.29 is 9.21 Å². The molecule has 0 saturated carbocycles. The van der Waals surface area contributed by atoms with Gasteiger partial charge in [0.05, 0.1) is 16.3 Å². The fourth-order valence-corrected chi connectivity index (χ4v) is 2.24. The molecule has 0 fully saturated rings. The first-order valence-corrected chi connectivity index (χ1v) is 6.33. The Bertz CT molecular complexity index is 540. The molecule has 0 aromatic carbocycles. The van der Waals surface area contributed by atoms with Gasteiger partial charge in [-0.1, -0.05) is 17.8 Å². The van der Waals surface area contributed by atoms with Gasteiger partial charge in [-0.25, -0.2) is 10.8 Å². The molecule has 6 heteroatoms. The number of carbonyl (C=O) groups excluding carboxylic acids is 1. The molecule has 0 bridgehead atoms.